The molecule has 0 amide bonds. The van der Waals surface area contributed by atoms with Crippen molar-refractivity contribution in [2.24, 2.45) is 5.41 Å². The standard InChI is InChI=1S/C15H21NO6S/c17-14(18)15(4-8-21-9-5-15)12-23(19,20)10-2-7-22-13-3-1-6-16-11-13/h1,3,6,11H,2,4-5,7-10,12H2,(H,17,18). The first-order valence-electron chi connectivity index (χ1n) is 7.48. The zero-order chi connectivity index (χ0) is 16.8. The maximum Gasteiger partial charge on any atom is 0.310 e. The van der Waals surface area contributed by atoms with Gasteiger partial charge in [-0.3, -0.25) is 9.78 Å². The number of carbonyl (C=O) groups is 1. The number of aromatic nitrogens is 1. The molecular formula is C15H21NO6S. The van der Waals surface area contributed by atoms with E-state index >= 15 is 0 Å². The lowest BCUT2D eigenvalue weighted by Crippen LogP contribution is -2.43. The fraction of sp³-hybridized carbons (Fsp3) is 0.600. The van der Waals surface area contributed by atoms with Crippen LogP contribution in [0.3, 0.4) is 0 Å². The minimum absolute atomic E-state index is 0.0941. The van der Waals surface area contributed by atoms with Gasteiger partial charge in [0.25, 0.3) is 0 Å². The SMILES string of the molecule is O=C(O)C1(CS(=O)(=O)CCCOc2cccnc2)CCOCC1. The van der Waals surface area contributed by atoms with Crippen LogP contribution in [0, 0.1) is 5.41 Å². The molecule has 1 aromatic heterocycles. The molecule has 0 aliphatic carbocycles. The van der Waals surface area contributed by atoms with E-state index in [1.807, 2.05) is 0 Å². The molecule has 0 aromatic carbocycles. The van der Waals surface area contributed by atoms with Crippen LogP contribution in [0.4, 0.5) is 0 Å². The van der Waals surface area contributed by atoms with Gasteiger partial charge in [-0.15, -0.1) is 0 Å². The lowest BCUT2D eigenvalue weighted by molar-refractivity contribution is -0.152. The van der Waals surface area contributed by atoms with Gasteiger partial charge in [0.2, 0.25) is 0 Å². The number of aliphatic carboxylic acids is 1. The Morgan fingerprint density at radius 1 is 1.39 bits per heavy atom. The number of sulfone groups is 1. The van der Waals surface area contributed by atoms with Gasteiger partial charge in [0.1, 0.15) is 5.75 Å². The van der Waals surface area contributed by atoms with Crippen molar-refractivity contribution in [3.8, 4) is 5.75 Å². The predicted octanol–water partition coefficient (Wildman–Crippen LogP) is 1.15. The number of rotatable bonds is 8. The van der Waals surface area contributed by atoms with E-state index in [-0.39, 0.29) is 44.2 Å². The molecule has 2 rings (SSSR count). The third kappa shape index (κ3) is 5.18. The molecule has 1 fully saturated rings. The second-order valence-electron chi connectivity index (χ2n) is 5.68. The van der Waals surface area contributed by atoms with E-state index < -0.39 is 21.2 Å². The topological polar surface area (TPSA) is 103 Å². The molecular weight excluding hydrogens is 322 g/mol. The highest BCUT2D eigenvalue weighted by Gasteiger charge is 2.43. The van der Waals surface area contributed by atoms with Crippen LogP contribution in [0.15, 0.2) is 24.5 Å². The summed E-state index contributed by atoms with van der Waals surface area (Å²) in [6.07, 6.45) is 3.94. The summed E-state index contributed by atoms with van der Waals surface area (Å²) in [4.78, 5) is 15.4. The van der Waals surface area contributed by atoms with Crippen LogP contribution in [0.5, 0.6) is 5.75 Å². The highest BCUT2D eigenvalue weighted by molar-refractivity contribution is 7.91. The normalized spacial score (nSPS) is 17.6. The summed E-state index contributed by atoms with van der Waals surface area (Å²) in [5, 5.41) is 9.42. The molecule has 128 valence electrons. The van der Waals surface area contributed by atoms with Crippen molar-refractivity contribution in [2.45, 2.75) is 19.3 Å². The summed E-state index contributed by atoms with van der Waals surface area (Å²) in [6.45, 7) is 0.811. The van der Waals surface area contributed by atoms with Gasteiger partial charge < -0.3 is 14.6 Å². The largest absolute Gasteiger partial charge is 0.492 e. The number of ether oxygens (including phenoxy) is 2. The van der Waals surface area contributed by atoms with E-state index in [0.29, 0.717) is 12.2 Å². The lowest BCUT2D eigenvalue weighted by Gasteiger charge is -2.32. The summed E-state index contributed by atoms with van der Waals surface area (Å²) in [6, 6.07) is 3.47. The Morgan fingerprint density at radius 2 is 2.13 bits per heavy atom. The zero-order valence-electron chi connectivity index (χ0n) is 12.8. The maximum absolute atomic E-state index is 12.2. The van der Waals surface area contributed by atoms with Crippen LogP contribution in [0.2, 0.25) is 0 Å². The van der Waals surface area contributed by atoms with Crippen molar-refractivity contribution in [1.29, 1.82) is 0 Å². The molecule has 1 aromatic rings. The van der Waals surface area contributed by atoms with Crippen molar-refractivity contribution in [1.82, 2.24) is 4.98 Å². The fourth-order valence-electron chi connectivity index (χ4n) is 2.58. The van der Waals surface area contributed by atoms with Crippen LogP contribution in [-0.2, 0) is 19.4 Å². The third-order valence-corrected chi connectivity index (χ3v) is 5.81. The van der Waals surface area contributed by atoms with Crippen LogP contribution < -0.4 is 4.74 Å². The monoisotopic (exact) mass is 343 g/mol. The Kier molecular flexibility index (Phi) is 5.95. The van der Waals surface area contributed by atoms with E-state index in [0.717, 1.165) is 0 Å². The molecule has 0 unspecified atom stereocenters. The first kappa shape index (κ1) is 17.7. The van der Waals surface area contributed by atoms with Gasteiger partial charge in [-0.05, 0) is 31.4 Å². The average molecular weight is 343 g/mol. The van der Waals surface area contributed by atoms with Crippen molar-refractivity contribution in [3.63, 3.8) is 0 Å². The molecule has 1 saturated heterocycles. The first-order chi connectivity index (χ1) is 10.9. The van der Waals surface area contributed by atoms with E-state index in [1.165, 1.54) is 0 Å². The molecule has 0 radical (unpaired) electrons. The quantitative estimate of drug-likeness (QED) is 0.706. The molecule has 0 saturated carbocycles. The molecule has 0 bridgehead atoms. The van der Waals surface area contributed by atoms with Crippen molar-refractivity contribution in [3.05, 3.63) is 24.5 Å². The molecule has 23 heavy (non-hydrogen) atoms. The summed E-state index contributed by atoms with van der Waals surface area (Å²) in [5.41, 5.74) is -1.22. The van der Waals surface area contributed by atoms with Crippen LogP contribution in [0.1, 0.15) is 19.3 Å². The molecule has 0 atom stereocenters. The highest BCUT2D eigenvalue weighted by atomic mass is 32.2. The Morgan fingerprint density at radius 3 is 2.74 bits per heavy atom. The number of hydrogen-bond acceptors (Lipinski definition) is 6. The van der Waals surface area contributed by atoms with Gasteiger partial charge >= 0.3 is 5.97 Å². The molecule has 8 heteroatoms. The average Bonchev–Trinajstić information content (AvgIpc) is 2.53. The molecule has 1 N–H and O–H groups in total. The number of nitrogens with zero attached hydrogens (tertiary/aromatic N) is 1. The second kappa shape index (κ2) is 7.74. The summed E-state index contributed by atoms with van der Waals surface area (Å²) >= 11 is 0. The van der Waals surface area contributed by atoms with Gasteiger partial charge in [-0.1, -0.05) is 0 Å². The van der Waals surface area contributed by atoms with E-state index in [9.17, 15) is 18.3 Å². The van der Waals surface area contributed by atoms with Gasteiger partial charge in [0, 0.05) is 19.4 Å². The Balaban J connectivity index is 1.84. The van der Waals surface area contributed by atoms with Crippen LogP contribution >= 0.6 is 0 Å². The van der Waals surface area contributed by atoms with E-state index in [2.05, 4.69) is 4.98 Å². The number of pyridine rings is 1. The molecule has 7 nitrogen and oxygen atoms in total. The summed E-state index contributed by atoms with van der Waals surface area (Å²) in [5.74, 6) is -0.915. The van der Waals surface area contributed by atoms with Crippen LogP contribution in [-0.4, -0.2) is 55.8 Å². The van der Waals surface area contributed by atoms with Crippen molar-refractivity contribution in [2.75, 3.05) is 31.3 Å². The minimum atomic E-state index is -3.47. The number of carboxylic acids is 1. The summed E-state index contributed by atoms with van der Waals surface area (Å²) in [7, 11) is -3.47. The van der Waals surface area contributed by atoms with Gasteiger partial charge in [-0.2, -0.15) is 0 Å². The molecule has 1 aliphatic rings. The van der Waals surface area contributed by atoms with Crippen molar-refractivity contribution < 1.29 is 27.8 Å². The number of hydrogen-bond donors (Lipinski definition) is 1. The molecule has 0 spiro atoms. The Labute approximate surface area is 135 Å². The van der Waals surface area contributed by atoms with E-state index in [4.69, 9.17) is 9.47 Å². The summed E-state index contributed by atoms with van der Waals surface area (Å²) < 4.78 is 35.0. The molecule has 1 aliphatic heterocycles. The second-order valence-corrected chi connectivity index (χ2v) is 7.86. The fourth-order valence-corrected chi connectivity index (χ4v) is 4.53. The number of carboxylic acid groups (broad SMARTS) is 1. The minimum Gasteiger partial charge on any atom is -0.492 e. The van der Waals surface area contributed by atoms with E-state index in [1.54, 1.807) is 24.5 Å². The lowest BCUT2D eigenvalue weighted by atomic mass is 9.82. The van der Waals surface area contributed by atoms with Gasteiger partial charge in [-0.25, -0.2) is 8.42 Å². The Hall–Kier alpha value is -1.67. The third-order valence-electron chi connectivity index (χ3n) is 3.90. The van der Waals surface area contributed by atoms with Crippen molar-refractivity contribution >= 4 is 15.8 Å². The zero-order valence-corrected chi connectivity index (χ0v) is 13.6. The smallest absolute Gasteiger partial charge is 0.310 e. The predicted molar refractivity (Wildman–Crippen MR) is 83.1 cm³/mol. The van der Waals surface area contributed by atoms with Gasteiger partial charge in [0.05, 0.1) is 29.7 Å². The van der Waals surface area contributed by atoms with Gasteiger partial charge in [0.15, 0.2) is 9.84 Å². The first-order valence-corrected chi connectivity index (χ1v) is 9.30. The molecule has 2 heterocycles. The maximum atomic E-state index is 12.2. The highest BCUT2D eigenvalue weighted by Crippen LogP contribution is 2.32. The Bertz CT molecular complexity index is 610. The van der Waals surface area contributed by atoms with Crippen LogP contribution in [0.25, 0.3) is 0 Å².